The second-order valence-corrected chi connectivity index (χ2v) is 6.85. The lowest BCUT2D eigenvalue weighted by atomic mass is 9.95. The molecule has 0 spiro atoms. The molecule has 0 amide bonds. The number of nitrogens with zero attached hydrogens (tertiary/aromatic N) is 3. The summed E-state index contributed by atoms with van der Waals surface area (Å²) < 4.78 is 11.6. The third kappa shape index (κ3) is 4.22. The van der Waals surface area contributed by atoms with Crippen molar-refractivity contribution in [3.8, 4) is 0 Å². The molecule has 0 unspecified atom stereocenters. The quantitative estimate of drug-likeness (QED) is 0.776. The number of aliphatic hydroxyl groups excluding tert-OH is 1. The van der Waals surface area contributed by atoms with Gasteiger partial charge in [-0.2, -0.15) is 4.98 Å². The smallest absolute Gasteiger partial charge is 0.224 e. The molecule has 0 bridgehead atoms. The molecule has 140 valence electrons. The molecule has 1 aromatic rings. The Balaban J connectivity index is 1.86. The van der Waals surface area contributed by atoms with Crippen molar-refractivity contribution < 1.29 is 14.6 Å². The topological polar surface area (TPSA) is 79.7 Å². The van der Waals surface area contributed by atoms with Gasteiger partial charge in [0.2, 0.25) is 5.95 Å². The van der Waals surface area contributed by atoms with Gasteiger partial charge in [0.15, 0.2) is 0 Å². The fourth-order valence-corrected chi connectivity index (χ4v) is 3.56. The highest BCUT2D eigenvalue weighted by molar-refractivity contribution is 5.46. The van der Waals surface area contributed by atoms with Crippen LogP contribution in [0.25, 0.3) is 0 Å². The van der Waals surface area contributed by atoms with Crippen LogP contribution in [0.4, 0.5) is 11.8 Å². The van der Waals surface area contributed by atoms with E-state index < -0.39 is 0 Å². The average molecular weight is 350 g/mol. The van der Waals surface area contributed by atoms with Crippen molar-refractivity contribution in [1.82, 2.24) is 9.97 Å². The van der Waals surface area contributed by atoms with Gasteiger partial charge in [0.05, 0.1) is 31.1 Å². The largest absolute Gasteiger partial charge is 0.395 e. The molecule has 3 heterocycles. The van der Waals surface area contributed by atoms with E-state index in [1.165, 1.54) is 0 Å². The number of morpholine rings is 1. The van der Waals surface area contributed by atoms with Crippen LogP contribution in [0.2, 0.25) is 0 Å². The minimum Gasteiger partial charge on any atom is -0.395 e. The number of aromatic nitrogens is 2. The predicted molar refractivity (Wildman–Crippen MR) is 97.3 cm³/mol. The molecule has 0 saturated carbocycles. The zero-order valence-electron chi connectivity index (χ0n) is 15.3. The van der Waals surface area contributed by atoms with Crippen molar-refractivity contribution >= 4 is 11.8 Å². The first kappa shape index (κ1) is 18.4. The Hall–Kier alpha value is -1.44. The summed E-state index contributed by atoms with van der Waals surface area (Å²) in [5.41, 5.74) is 0.923. The summed E-state index contributed by atoms with van der Waals surface area (Å²) in [6.45, 7) is 8.76. The lowest BCUT2D eigenvalue weighted by Crippen LogP contribution is -2.51. The lowest BCUT2D eigenvalue weighted by Gasteiger charge is -2.42. The normalized spacial score (nSPS) is 23.0. The summed E-state index contributed by atoms with van der Waals surface area (Å²) in [4.78, 5) is 11.7. The summed E-state index contributed by atoms with van der Waals surface area (Å²) in [7, 11) is 0. The van der Waals surface area contributed by atoms with E-state index in [2.05, 4.69) is 35.1 Å². The maximum atomic E-state index is 9.09. The average Bonchev–Trinajstić information content (AvgIpc) is 3.21. The van der Waals surface area contributed by atoms with Crippen molar-refractivity contribution in [3.63, 3.8) is 0 Å². The first-order chi connectivity index (χ1) is 12.2. The summed E-state index contributed by atoms with van der Waals surface area (Å²) >= 11 is 0. The second kappa shape index (κ2) is 8.29. The molecular formula is C18H30N4O3. The van der Waals surface area contributed by atoms with Crippen LogP contribution in [0.3, 0.4) is 0 Å². The van der Waals surface area contributed by atoms with Crippen LogP contribution in [0.5, 0.6) is 0 Å². The number of ether oxygens (including phenoxy) is 2. The van der Waals surface area contributed by atoms with Crippen molar-refractivity contribution in [1.29, 1.82) is 0 Å². The lowest BCUT2D eigenvalue weighted by molar-refractivity contribution is -0.0606. The third-order valence-electron chi connectivity index (χ3n) is 5.34. The van der Waals surface area contributed by atoms with E-state index in [4.69, 9.17) is 19.6 Å². The first-order valence-corrected chi connectivity index (χ1v) is 9.40. The van der Waals surface area contributed by atoms with E-state index in [1.54, 1.807) is 0 Å². The van der Waals surface area contributed by atoms with Gasteiger partial charge in [-0.25, -0.2) is 4.98 Å². The molecule has 0 aliphatic carbocycles. The molecule has 2 aliphatic heterocycles. The van der Waals surface area contributed by atoms with Crippen molar-refractivity contribution in [2.24, 2.45) is 0 Å². The highest BCUT2D eigenvalue weighted by Crippen LogP contribution is 2.31. The van der Waals surface area contributed by atoms with Crippen LogP contribution in [-0.2, 0) is 9.47 Å². The molecule has 1 aromatic heterocycles. The van der Waals surface area contributed by atoms with E-state index in [0.29, 0.717) is 31.6 Å². The number of hydrogen-bond acceptors (Lipinski definition) is 7. The highest BCUT2D eigenvalue weighted by Gasteiger charge is 2.34. The van der Waals surface area contributed by atoms with Gasteiger partial charge in [0.1, 0.15) is 5.82 Å². The molecular weight excluding hydrogens is 320 g/mol. The standard InChI is InChI=1S/C18H30N4O3/c1-3-18(4-2)13-22(7-10-25-18)16-11-15(14-5-9-24-12-14)20-17(21-16)19-6-8-23/h11,14,23H,3-10,12-13H2,1-2H3,(H,19,20,21)/t14-/m0/s1. The highest BCUT2D eigenvalue weighted by atomic mass is 16.5. The zero-order valence-corrected chi connectivity index (χ0v) is 15.3. The first-order valence-electron chi connectivity index (χ1n) is 9.40. The molecule has 7 heteroatoms. The minimum absolute atomic E-state index is 0.0573. The monoisotopic (exact) mass is 350 g/mol. The van der Waals surface area contributed by atoms with Gasteiger partial charge in [-0.15, -0.1) is 0 Å². The molecule has 0 radical (unpaired) electrons. The van der Waals surface area contributed by atoms with Gasteiger partial charge < -0.3 is 24.8 Å². The Bertz CT molecular complexity index is 559. The van der Waals surface area contributed by atoms with Crippen LogP contribution in [0, 0.1) is 0 Å². The number of rotatable bonds is 7. The van der Waals surface area contributed by atoms with Crippen molar-refractivity contribution in [3.05, 3.63) is 11.8 Å². The number of nitrogens with one attached hydrogen (secondary N) is 1. The van der Waals surface area contributed by atoms with Crippen LogP contribution in [0.15, 0.2) is 6.07 Å². The van der Waals surface area contributed by atoms with Gasteiger partial charge >= 0.3 is 0 Å². The molecule has 1 atom stereocenters. The van der Waals surface area contributed by atoms with Crippen molar-refractivity contribution in [2.75, 3.05) is 56.3 Å². The zero-order chi connectivity index (χ0) is 17.7. The Labute approximate surface area is 149 Å². The molecule has 2 N–H and O–H groups in total. The minimum atomic E-state index is -0.0987. The SMILES string of the molecule is CCC1(CC)CN(c2cc([C@H]3CCOC3)nc(NCCO)n2)CCO1. The van der Waals surface area contributed by atoms with E-state index in [0.717, 1.165) is 50.5 Å². The second-order valence-electron chi connectivity index (χ2n) is 6.85. The van der Waals surface area contributed by atoms with Crippen LogP contribution < -0.4 is 10.2 Å². The van der Waals surface area contributed by atoms with Crippen LogP contribution >= 0.6 is 0 Å². The number of hydrogen-bond donors (Lipinski definition) is 2. The van der Waals surface area contributed by atoms with Gasteiger partial charge in [-0.05, 0) is 19.3 Å². The predicted octanol–water partition coefficient (Wildman–Crippen LogP) is 1.78. The van der Waals surface area contributed by atoms with E-state index in [-0.39, 0.29) is 12.2 Å². The third-order valence-corrected chi connectivity index (χ3v) is 5.34. The molecule has 7 nitrogen and oxygen atoms in total. The summed E-state index contributed by atoms with van der Waals surface area (Å²) in [5, 5.41) is 12.2. The molecule has 3 rings (SSSR count). The summed E-state index contributed by atoms with van der Waals surface area (Å²) in [5.74, 6) is 1.84. The van der Waals surface area contributed by atoms with Gasteiger partial charge in [-0.1, -0.05) is 13.8 Å². The van der Waals surface area contributed by atoms with Gasteiger partial charge in [-0.3, -0.25) is 0 Å². The van der Waals surface area contributed by atoms with Gasteiger partial charge in [0.25, 0.3) is 0 Å². The fraction of sp³-hybridized carbons (Fsp3) is 0.778. The Morgan fingerprint density at radius 1 is 1.32 bits per heavy atom. The Kier molecular flexibility index (Phi) is 6.09. The van der Waals surface area contributed by atoms with Crippen LogP contribution in [0.1, 0.15) is 44.7 Å². The van der Waals surface area contributed by atoms with E-state index in [1.807, 2.05) is 0 Å². The van der Waals surface area contributed by atoms with E-state index in [9.17, 15) is 0 Å². The fourth-order valence-electron chi connectivity index (χ4n) is 3.56. The van der Waals surface area contributed by atoms with Crippen LogP contribution in [-0.4, -0.2) is 66.7 Å². The number of anilines is 2. The summed E-state index contributed by atoms with van der Waals surface area (Å²) in [6.07, 6.45) is 2.97. The maximum absolute atomic E-state index is 9.09. The molecule has 0 aromatic carbocycles. The van der Waals surface area contributed by atoms with Crippen molar-refractivity contribution in [2.45, 2.75) is 44.6 Å². The number of aliphatic hydroxyl groups is 1. The summed E-state index contributed by atoms with van der Waals surface area (Å²) in [6, 6.07) is 2.10. The Morgan fingerprint density at radius 3 is 2.84 bits per heavy atom. The molecule has 2 aliphatic rings. The molecule has 2 fully saturated rings. The van der Waals surface area contributed by atoms with E-state index >= 15 is 0 Å². The van der Waals surface area contributed by atoms with Gasteiger partial charge in [0, 0.05) is 38.2 Å². The Morgan fingerprint density at radius 2 is 2.16 bits per heavy atom. The molecule has 25 heavy (non-hydrogen) atoms. The molecule has 2 saturated heterocycles. The maximum Gasteiger partial charge on any atom is 0.224 e.